The van der Waals surface area contributed by atoms with Crippen LogP contribution < -0.4 is 5.32 Å². The molecule has 0 aliphatic carbocycles. The lowest BCUT2D eigenvalue weighted by molar-refractivity contribution is -0.384. The molecule has 15 nitrogen and oxygen atoms in total. The van der Waals surface area contributed by atoms with Gasteiger partial charge in [0.15, 0.2) is 0 Å². The maximum atomic E-state index is 12.7. The first kappa shape index (κ1) is 31.6. The number of nitro benzene ring substituents is 1. The first-order valence-electron chi connectivity index (χ1n) is 12.6. The first-order chi connectivity index (χ1) is 18.5. The van der Waals surface area contributed by atoms with E-state index in [1.165, 1.54) is 12.1 Å². The van der Waals surface area contributed by atoms with Crippen molar-refractivity contribution in [1.82, 2.24) is 24.9 Å². The summed E-state index contributed by atoms with van der Waals surface area (Å²) < 4.78 is 0. The Morgan fingerprint density at radius 3 is 1.38 bits per heavy atom. The molecule has 0 atom stereocenters. The molecule has 0 bridgehead atoms. The highest BCUT2D eigenvalue weighted by molar-refractivity contribution is 5.78. The maximum absolute atomic E-state index is 12.7. The van der Waals surface area contributed by atoms with Gasteiger partial charge in [0.2, 0.25) is 5.91 Å². The lowest BCUT2D eigenvalue weighted by atomic mass is 10.1. The maximum Gasteiger partial charge on any atom is 0.317 e. The van der Waals surface area contributed by atoms with Gasteiger partial charge < -0.3 is 20.6 Å². The van der Waals surface area contributed by atoms with Gasteiger partial charge in [-0.05, 0) is 12.0 Å². The van der Waals surface area contributed by atoms with Gasteiger partial charge in [-0.1, -0.05) is 12.1 Å². The summed E-state index contributed by atoms with van der Waals surface area (Å²) >= 11 is 0. The number of carboxylic acids is 3. The quantitative estimate of drug-likeness (QED) is 0.177. The van der Waals surface area contributed by atoms with E-state index in [2.05, 4.69) is 5.32 Å². The van der Waals surface area contributed by atoms with Crippen molar-refractivity contribution in [1.29, 1.82) is 0 Å². The number of aliphatic carboxylic acids is 3. The number of rotatable bonds is 12. The summed E-state index contributed by atoms with van der Waals surface area (Å²) in [5.74, 6) is -3.32. The number of non-ortho nitro benzene ring substituents is 1. The summed E-state index contributed by atoms with van der Waals surface area (Å²) in [7, 11) is 0. The van der Waals surface area contributed by atoms with Crippen molar-refractivity contribution in [2.45, 2.75) is 6.42 Å². The molecule has 1 aromatic carbocycles. The lowest BCUT2D eigenvalue weighted by Gasteiger charge is -2.32. The molecule has 1 amide bonds. The Kier molecular flexibility index (Phi) is 13.2. The van der Waals surface area contributed by atoms with E-state index in [0.29, 0.717) is 65.3 Å². The van der Waals surface area contributed by atoms with Crippen molar-refractivity contribution in [3.05, 3.63) is 39.9 Å². The summed E-state index contributed by atoms with van der Waals surface area (Å²) in [4.78, 5) is 63.8. The predicted octanol–water partition coefficient (Wildman–Crippen LogP) is -1.27. The number of nitrogens with one attached hydrogen (secondary N) is 1. The highest BCUT2D eigenvalue weighted by Crippen LogP contribution is 2.12. The standard InChI is InChI=1S/C24H36N6O9/c31-21(25-6-5-19-1-3-20(4-2-19)30(38)39)15-26-7-9-27(16-22(32)33)11-13-29(18-24(36)37)14-12-28(10-8-26)17-23(34)35/h1-4H,5-18H2,(H,25,31)(H,32,33)(H,34,35)(H,36,37). The van der Waals surface area contributed by atoms with E-state index >= 15 is 0 Å². The van der Waals surface area contributed by atoms with Crippen LogP contribution in [0.1, 0.15) is 5.56 Å². The molecule has 0 unspecified atom stereocenters. The van der Waals surface area contributed by atoms with Gasteiger partial charge in [-0.2, -0.15) is 0 Å². The minimum Gasteiger partial charge on any atom is -0.480 e. The van der Waals surface area contributed by atoms with Crippen molar-refractivity contribution < 1.29 is 39.4 Å². The van der Waals surface area contributed by atoms with Gasteiger partial charge >= 0.3 is 17.9 Å². The molecule has 1 fully saturated rings. The number of carbonyl (C=O) groups is 4. The van der Waals surface area contributed by atoms with Crippen LogP contribution in [0.3, 0.4) is 0 Å². The predicted molar refractivity (Wildman–Crippen MR) is 138 cm³/mol. The Morgan fingerprint density at radius 2 is 1.05 bits per heavy atom. The summed E-state index contributed by atoms with van der Waals surface area (Å²) in [5, 5.41) is 41.4. The highest BCUT2D eigenvalue weighted by atomic mass is 16.6. The average molecular weight is 553 g/mol. The molecular formula is C24H36N6O9. The molecule has 1 aromatic rings. The molecule has 216 valence electrons. The third-order valence-corrected chi connectivity index (χ3v) is 6.26. The van der Waals surface area contributed by atoms with Crippen LogP contribution in [0, 0.1) is 10.1 Å². The molecule has 1 aliphatic heterocycles. The van der Waals surface area contributed by atoms with Crippen molar-refractivity contribution in [2.75, 3.05) is 85.1 Å². The molecule has 15 heteroatoms. The first-order valence-corrected chi connectivity index (χ1v) is 12.6. The number of hydrogen-bond donors (Lipinski definition) is 4. The number of amides is 1. The molecular weight excluding hydrogens is 516 g/mol. The molecule has 1 aliphatic rings. The Morgan fingerprint density at radius 1 is 0.692 bits per heavy atom. The summed E-state index contributed by atoms with van der Waals surface area (Å²) in [5.41, 5.74) is 0.819. The van der Waals surface area contributed by atoms with Gasteiger partial charge in [0.05, 0.1) is 31.1 Å². The van der Waals surface area contributed by atoms with E-state index < -0.39 is 22.8 Å². The van der Waals surface area contributed by atoms with E-state index in [4.69, 9.17) is 0 Å². The van der Waals surface area contributed by atoms with Gasteiger partial charge in [-0.15, -0.1) is 0 Å². The summed E-state index contributed by atoms with van der Waals surface area (Å²) in [6.07, 6.45) is 0.482. The average Bonchev–Trinajstić information content (AvgIpc) is 2.85. The van der Waals surface area contributed by atoms with Crippen molar-refractivity contribution in [3.63, 3.8) is 0 Å². The van der Waals surface area contributed by atoms with Crippen LogP contribution in [0.5, 0.6) is 0 Å². The zero-order chi connectivity index (χ0) is 28.8. The normalized spacial score (nSPS) is 17.0. The van der Waals surface area contributed by atoms with Gasteiger partial charge in [0.1, 0.15) is 0 Å². The lowest BCUT2D eigenvalue weighted by Crippen LogP contribution is -2.49. The molecule has 0 saturated carbocycles. The number of nitrogens with zero attached hydrogens (tertiary/aromatic N) is 5. The molecule has 0 aromatic heterocycles. The van der Waals surface area contributed by atoms with Crippen LogP contribution in [-0.2, 0) is 25.6 Å². The van der Waals surface area contributed by atoms with Gasteiger partial charge in [0, 0.05) is 71.0 Å². The largest absolute Gasteiger partial charge is 0.480 e. The van der Waals surface area contributed by atoms with E-state index in [9.17, 15) is 44.6 Å². The third kappa shape index (κ3) is 13.1. The second-order valence-electron chi connectivity index (χ2n) is 9.31. The number of carbonyl (C=O) groups excluding carboxylic acids is 1. The SMILES string of the molecule is O=C(O)CN1CCN(CC(=O)O)CCN(CC(=O)NCCc2ccc([N+](=O)[O-])cc2)CCN(CC(=O)O)CC1. The fraction of sp³-hybridized carbons (Fsp3) is 0.583. The molecule has 4 N–H and O–H groups in total. The Bertz CT molecular complexity index is 959. The second kappa shape index (κ2) is 16.3. The zero-order valence-electron chi connectivity index (χ0n) is 21.7. The second-order valence-corrected chi connectivity index (χ2v) is 9.31. The molecule has 1 saturated heterocycles. The Hall–Kier alpha value is -3.66. The van der Waals surface area contributed by atoms with E-state index in [1.807, 2.05) is 4.90 Å². The summed E-state index contributed by atoms with van der Waals surface area (Å²) in [6, 6.07) is 6.07. The molecule has 0 spiro atoms. The topological polar surface area (TPSA) is 197 Å². The highest BCUT2D eigenvalue weighted by Gasteiger charge is 2.21. The molecule has 2 rings (SSSR count). The third-order valence-electron chi connectivity index (χ3n) is 6.26. The van der Waals surface area contributed by atoms with Crippen LogP contribution in [0.15, 0.2) is 24.3 Å². The van der Waals surface area contributed by atoms with Crippen LogP contribution in [0.2, 0.25) is 0 Å². The van der Waals surface area contributed by atoms with Crippen LogP contribution in [0.4, 0.5) is 5.69 Å². The van der Waals surface area contributed by atoms with Crippen LogP contribution >= 0.6 is 0 Å². The fourth-order valence-electron chi connectivity index (χ4n) is 4.17. The van der Waals surface area contributed by atoms with Gasteiger partial charge in [-0.25, -0.2) is 0 Å². The minimum atomic E-state index is -1.03. The van der Waals surface area contributed by atoms with Crippen molar-refractivity contribution in [3.8, 4) is 0 Å². The number of benzene rings is 1. The fourth-order valence-corrected chi connectivity index (χ4v) is 4.17. The van der Waals surface area contributed by atoms with Gasteiger partial charge in [0.25, 0.3) is 5.69 Å². The van der Waals surface area contributed by atoms with Crippen LogP contribution in [0.25, 0.3) is 0 Å². The summed E-state index contributed by atoms with van der Waals surface area (Å²) in [6.45, 7) is 2.16. The monoisotopic (exact) mass is 552 g/mol. The number of nitro groups is 1. The van der Waals surface area contributed by atoms with Gasteiger partial charge in [-0.3, -0.25) is 48.9 Å². The Balaban J connectivity index is 2.01. The number of carboxylic acid groups (broad SMARTS) is 3. The smallest absolute Gasteiger partial charge is 0.317 e. The Labute approximate surface area is 225 Å². The van der Waals surface area contributed by atoms with E-state index in [0.717, 1.165) is 5.56 Å². The number of hydrogen-bond acceptors (Lipinski definition) is 10. The minimum absolute atomic E-state index is 0.0124. The van der Waals surface area contributed by atoms with Crippen molar-refractivity contribution >= 4 is 29.5 Å². The molecule has 39 heavy (non-hydrogen) atoms. The van der Waals surface area contributed by atoms with E-state index in [1.54, 1.807) is 26.8 Å². The molecule has 1 heterocycles. The molecule has 0 radical (unpaired) electrons. The van der Waals surface area contributed by atoms with Crippen LogP contribution in [-0.4, -0.2) is 149 Å². The van der Waals surface area contributed by atoms with E-state index in [-0.39, 0.29) is 37.8 Å². The zero-order valence-corrected chi connectivity index (χ0v) is 21.7. The van der Waals surface area contributed by atoms with Crippen molar-refractivity contribution in [2.24, 2.45) is 0 Å².